The Labute approximate surface area is 158 Å². The predicted octanol–water partition coefficient (Wildman–Crippen LogP) is 5.07. The molecule has 0 atom stereocenters. The van der Waals surface area contributed by atoms with Crippen molar-refractivity contribution < 1.29 is 4.79 Å². The van der Waals surface area contributed by atoms with Gasteiger partial charge in [-0.25, -0.2) is 4.98 Å². The molecule has 5 heteroatoms. The number of amides is 1. The normalized spacial score (nSPS) is 10.9. The van der Waals surface area contributed by atoms with Crippen LogP contribution in [-0.2, 0) is 19.4 Å². The van der Waals surface area contributed by atoms with Crippen LogP contribution >= 0.6 is 11.3 Å². The fraction of sp³-hybridized carbons (Fsp3) is 0.333. The summed E-state index contributed by atoms with van der Waals surface area (Å²) in [5, 5.41) is 3.01. The number of hydrogen-bond donors (Lipinski definition) is 1. The van der Waals surface area contributed by atoms with Crippen LogP contribution in [0.15, 0.2) is 42.7 Å². The molecule has 0 radical (unpaired) electrons. The average Bonchev–Trinajstić information content (AvgIpc) is 3.23. The Morgan fingerprint density at radius 2 is 2.00 bits per heavy atom. The van der Waals surface area contributed by atoms with E-state index in [1.807, 2.05) is 49.6 Å². The van der Waals surface area contributed by atoms with Gasteiger partial charge in [0.15, 0.2) is 0 Å². The monoisotopic (exact) mass is 367 g/mol. The van der Waals surface area contributed by atoms with E-state index in [0.717, 1.165) is 42.2 Å². The van der Waals surface area contributed by atoms with Crippen molar-refractivity contribution in [3.63, 3.8) is 0 Å². The molecule has 0 saturated carbocycles. The van der Waals surface area contributed by atoms with Gasteiger partial charge in [-0.05, 0) is 49.1 Å². The predicted molar refractivity (Wildman–Crippen MR) is 108 cm³/mol. The van der Waals surface area contributed by atoms with E-state index < -0.39 is 0 Å². The molecule has 3 aromatic rings. The lowest BCUT2D eigenvalue weighted by Crippen LogP contribution is -2.10. The molecule has 0 unspecified atom stereocenters. The van der Waals surface area contributed by atoms with E-state index in [9.17, 15) is 4.79 Å². The van der Waals surface area contributed by atoms with Crippen LogP contribution in [0.4, 0.5) is 5.69 Å². The van der Waals surface area contributed by atoms with E-state index >= 15 is 0 Å². The lowest BCUT2D eigenvalue weighted by Gasteiger charge is -2.07. The Bertz CT molecular complexity index is 877. The first-order chi connectivity index (χ1) is 12.6. The van der Waals surface area contributed by atoms with E-state index in [2.05, 4.69) is 28.7 Å². The summed E-state index contributed by atoms with van der Waals surface area (Å²) < 4.78 is 2.10. The highest BCUT2D eigenvalue weighted by molar-refractivity contribution is 7.14. The minimum absolute atomic E-state index is 0.0229. The molecule has 0 aliphatic heterocycles. The first-order valence-corrected chi connectivity index (χ1v) is 9.92. The number of thiophene rings is 1. The van der Waals surface area contributed by atoms with E-state index in [0.29, 0.717) is 0 Å². The molecule has 1 aromatic carbocycles. The zero-order valence-electron chi connectivity index (χ0n) is 15.6. The van der Waals surface area contributed by atoms with Crippen molar-refractivity contribution in [1.29, 1.82) is 0 Å². The second-order valence-corrected chi connectivity index (χ2v) is 7.55. The van der Waals surface area contributed by atoms with E-state index in [-0.39, 0.29) is 5.91 Å². The fourth-order valence-electron chi connectivity index (χ4n) is 2.97. The molecule has 3 rings (SSSR count). The lowest BCUT2D eigenvalue weighted by atomic mass is 10.1. The Balaban J connectivity index is 1.67. The van der Waals surface area contributed by atoms with Crippen LogP contribution in [0.25, 0.3) is 0 Å². The van der Waals surface area contributed by atoms with Gasteiger partial charge < -0.3 is 9.88 Å². The van der Waals surface area contributed by atoms with Crippen LogP contribution in [0.2, 0.25) is 0 Å². The highest BCUT2D eigenvalue weighted by Gasteiger charge is 2.13. The molecule has 2 heterocycles. The van der Waals surface area contributed by atoms with Crippen molar-refractivity contribution in [3.8, 4) is 0 Å². The molecule has 4 nitrogen and oxygen atoms in total. The van der Waals surface area contributed by atoms with Gasteiger partial charge in [-0.15, -0.1) is 11.3 Å². The van der Waals surface area contributed by atoms with Crippen LogP contribution in [0.1, 0.15) is 51.8 Å². The maximum atomic E-state index is 12.6. The topological polar surface area (TPSA) is 46.9 Å². The SMILES string of the molecule is CCCc1sc(C(=O)Nc2ccc(Cn3ccnc3C)cc2)cc1CC. The standard InChI is InChI=1S/C21H25N3OS/c1-4-6-19-17(5-2)13-20(26-19)21(25)23-18-9-7-16(8-10-18)14-24-12-11-22-15(24)3/h7-13H,4-6,14H2,1-3H3,(H,23,25). The zero-order valence-corrected chi connectivity index (χ0v) is 16.4. The average molecular weight is 368 g/mol. The first kappa shape index (κ1) is 18.4. The molecule has 136 valence electrons. The number of imidazole rings is 1. The van der Waals surface area contributed by atoms with Crippen LogP contribution in [-0.4, -0.2) is 15.5 Å². The minimum Gasteiger partial charge on any atom is -0.331 e. The Hall–Kier alpha value is -2.40. The van der Waals surface area contributed by atoms with Gasteiger partial charge in [0.25, 0.3) is 5.91 Å². The molecule has 0 aliphatic carbocycles. The summed E-state index contributed by atoms with van der Waals surface area (Å²) in [6.45, 7) is 7.09. The number of benzene rings is 1. The van der Waals surface area contributed by atoms with Crippen molar-refractivity contribution in [2.75, 3.05) is 5.32 Å². The second-order valence-electron chi connectivity index (χ2n) is 6.42. The fourth-order valence-corrected chi connectivity index (χ4v) is 4.22. The zero-order chi connectivity index (χ0) is 18.5. The maximum Gasteiger partial charge on any atom is 0.265 e. The molecule has 2 aromatic heterocycles. The van der Waals surface area contributed by atoms with Gasteiger partial charge >= 0.3 is 0 Å². The Morgan fingerprint density at radius 1 is 1.23 bits per heavy atom. The van der Waals surface area contributed by atoms with Gasteiger partial charge in [-0.2, -0.15) is 0 Å². The smallest absolute Gasteiger partial charge is 0.265 e. The van der Waals surface area contributed by atoms with Crippen LogP contribution in [0.3, 0.4) is 0 Å². The summed E-state index contributed by atoms with van der Waals surface area (Å²) >= 11 is 1.62. The van der Waals surface area contributed by atoms with Crippen molar-refractivity contribution in [3.05, 3.63) is 69.4 Å². The van der Waals surface area contributed by atoms with Crippen LogP contribution < -0.4 is 5.32 Å². The van der Waals surface area contributed by atoms with Crippen LogP contribution in [0.5, 0.6) is 0 Å². The molecule has 26 heavy (non-hydrogen) atoms. The molecular formula is C21H25N3OS. The summed E-state index contributed by atoms with van der Waals surface area (Å²) in [6.07, 6.45) is 6.90. The molecule has 0 saturated heterocycles. The summed E-state index contributed by atoms with van der Waals surface area (Å²) in [6, 6.07) is 10.1. The quantitative estimate of drug-likeness (QED) is 0.634. The van der Waals surface area contributed by atoms with Gasteiger partial charge in [-0.3, -0.25) is 4.79 Å². The second kappa shape index (κ2) is 8.32. The third-order valence-electron chi connectivity index (χ3n) is 4.47. The molecule has 0 fully saturated rings. The lowest BCUT2D eigenvalue weighted by molar-refractivity contribution is 0.103. The molecule has 1 amide bonds. The molecule has 1 N–H and O–H groups in total. The third kappa shape index (κ3) is 4.22. The maximum absolute atomic E-state index is 12.6. The van der Waals surface area contributed by atoms with Crippen molar-refractivity contribution in [2.45, 2.75) is 46.6 Å². The summed E-state index contributed by atoms with van der Waals surface area (Å²) in [5.41, 5.74) is 3.30. The largest absolute Gasteiger partial charge is 0.331 e. The van der Waals surface area contributed by atoms with Gasteiger partial charge in [-0.1, -0.05) is 32.4 Å². The first-order valence-electron chi connectivity index (χ1n) is 9.10. The number of rotatable bonds is 7. The van der Waals surface area contributed by atoms with Crippen molar-refractivity contribution in [2.24, 2.45) is 0 Å². The number of anilines is 1. The number of hydrogen-bond acceptors (Lipinski definition) is 3. The number of carbonyl (C=O) groups excluding carboxylic acids is 1. The van der Waals surface area contributed by atoms with E-state index in [1.165, 1.54) is 16.0 Å². The van der Waals surface area contributed by atoms with Crippen LogP contribution in [0, 0.1) is 6.92 Å². The van der Waals surface area contributed by atoms with Crippen molar-refractivity contribution in [1.82, 2.24) is 9.55 Å². The van der Waals surface area contributed by atoms with Gasteiger partial charge in [0.1, 0.15) is 5.82 Å². The third-order valence-corrected chi connectivity index (χ3v) is 5.70. The summed E-state index contributed by atoms with van der Waals surface area (Å²) in [4.78, 5) is 18.9. The van der Waals surface area contributed by atoms with Gasteiger partial charge in [0.2, 0.25) is 0 Å². The van der Waals surface area contributed by atoms with Crippen molar-refractivity contribution >= 4 is 22.9 Å². The number of nitrogens with zero attached hydrogens (tertiary/aromatic N) is 2. The summed E-state index contributed by atoms with van der Waals surface area (Å²) in [7, 11) is 0. The highest BCUT2D eigenvalue weighted by Crippen LogP contribution is 2.25. The molecular weight excluding hydrogens is 342 g/mol. The molecule has 0 spiro atoms. The Kier molecular flexibility index (Phi) is 5.89. The summed E-state index contributed by atoms with van der Waals surface area (Å²) in [5.74, 6) is 0.972. The van der Waals surface area contributed by atoms with Gasteiger partial charge in [0.05, 0.1) is 4.88 Å². The molecule has 0 bridgehead atoms. The minimum atomic E-state index is -0.0229. The number of carbonyl (C=O) groups is 1. The number of nitrogens with one attached hydrogen (secondary N) is 1. The Morgan fingerprint density at radius 3 is 2.62 bits per heavy atom. The number of aromatic nitrogens is 2. The van der Waals surface area contributed by atoms with Gasteiger partial charge in [0, 0.05) is 29.5 Å². The highest BCUT2D eigenvalue weighted by atomic mass is 32.1. The number of aryl methyl sites for hydroxylation is 3. The van der Waals surface area contributed by atoms with E-state index in [1.54, 1.807) is 11.3 Å². The van der Waals surface area contributed by atoms with E-state index in [4.69, 9.17) is 0 Å². The molecule has 0 aliphatic rings.